The van der Waals surface area contributed by atoms with E-state index in [0.717, 1.165) is 29.9 Å². The maximum absolute atomic E-state index is 12.0. The molecule has 0 saturated carbocycles. The molecular weight excluding hydrogens is 310 g/mol. The number of nitrogens with one attached hydrogen (secondary N) is 1. The zero-order chi connectivity index (χ0) is 16.8. The third-order valence-corrected chi connectivity index (χ3v) is 5.47. The number of carbonyl (C=O) groups excluding carboxylic acids is 2. The van der Waals surface area contributed by atoms with E-state index >= 15 is 0 Å². The zero-order valence-electron chi connectivity index (χ0n) is 13.8. The molecule has 1 atom stereocenters. The molecule has 1 unspecified atom stereocenters. The lowest BCUT2D eigenvalue weighted by molar-refractivity contribution is -0.116. The first-order valence-electron chi connectivity index (χ1n) is 7.77. The SMILES string of the molecule is CC(=O)N1CCC(C)(C)c2ccc(C3=NNC(=O)SC3C)cc21. The summed E-state index contributed by atoms with van der Waals surface area (Å²) < 4.78 is 0. The van der Waals surface area contributed by atoms with Gasteiger partial charge in [0.25, 0.3) is 5.24 Å². The largest absolute Gasteiger partial charge is 0.312 e. The van der Waals surface area contributed by atoms with Crippen LogP contribution in [0.25, 0.3) is 0 Å². The quantitative estimate of drug-likeness (QED) is 0.859. The minimum Gasteiger partial charge on any atom is -0.312 e. The van der Waals surface area contributed by atoms with Gasteiger partial charge in [0, 0.05) is 24.7 Å². The van der Waals surface area contributed by atoms with E-state index < -0.39 is 0 Å². The van der Waals surface area contributed by atoms with Gasteiger partial charge in [-0.05, 0) is 30.4 Å². The molecular formula is C17H21N3O2S. The van der Waals surface area contributed by atoms with Crippen molar-refractivity contribution in [1.29, 1.82) is 0 Å². The van der Waals surface area contributed by atoms with Crippen LogP contribution in [-0.2, 0) is 10.2 Å². The summed E-state index contributed by atoms with van der Waals surface area (Å²) in [6.07, 6.45) is 0.947. The van der Waals surface area contributed by atoms with Gasteiger partial charge < -0.3 is 4.90 Å². The van der Waals surface area contributed by atoms with Crippen molar-refractivity contribution in [3.63, 3.8) is 0 Å². The molecule has 2 aliphatic rings. The molecule has 0 aromatic heterocycles. The first-order chi connectivity index (χ1) is 10.8. The van der Waals surface area contributed by atoms with Crippen LogP contribution in [0.3, 0.4) is 0 Å². The molecule has 2 amide bonds. The van der Waals surface area contributed by atoms with E-state index in [1.165, 1.54) is 17.3 Å². The standard InChI is InChI=1S/C17H21N3O2S/c1-10-15(18-19-16(22)23-10)12-5-6-13-14(9-12)20(11(2)21)8-7-17(13,3)4/h5-6,9-10H,7-8H2,1-4H3,(H,19,22). The van der Waals surface area contributed by atoms with E-state index in [1.54, 1.807) is 6.92 Å². The number of anilines is 1. The Labute approximate surface area is 140 Å². The number of carbonyl (C=O) groups is 2. The number of hydrogen-bond acceptors (Lipinski definition) is 4. The van der Waals surface area contributed by atoms with E-state index in [1.807, 2.05) is 24.0 Å². The van der Waals surface area contributed by atoms with Crippen LogP contribution in [0.4, 0.5) is 10.5 Å². The highest BCUT2D eigenvalue weighted by Gasteiger charge is 2.33. The van der Waals surface area contributed by atoms with Gasteiger partial charge in [-0.25, -0.2) is 5.43 Å². The molecule has 0 radical (unpaired) electrons. The summed E-state index contributed by atoms with van der Waals surface area (Å²) in [7, 11) is 0. The fourth-order valence-corrected chi connectivity index (χ4v) is 3.92. The Hall–Kier alpha value is -1.82. The first kappa shape index (κ1) is 16.1. The van der Waals surface area contributed by atoms with Crippen molar-refractivity contribution in [2.24, 2.45) is 5.10 Å². The van der Waals surface area contributed by atoms with Crippen LogP contribution in [0.15, 0.2) is 23.3 Å². The minimum atomic E-state index is -0.134. The van der Waals surface area contributed by atoms with Crippen LogP contribution in [0, 0.1) is 0 Å². The lowest BCUT2D eigenvalue weighted by atomic mass is 9.77. The van der Waals surface area contributed by atoms with Gasteiger partial charge in [0.05, 0.1) is 11.0 Å². The highest BCUT2D eigenvalue weighted by molar-refractivity contribution is 8.14. The van der Waals surface area contributed by atoms with Crippen LogP contribution in [0.5, 0.6) is 0 Å². The number of amides is 2. The summed E-state index contributed by atoms with van der Waals surface area (Å²) in [4.78, 5) is 25.2. The summed E-state index contributed by atoms with van der Waals surface area (Å²) in [5.74, 6) is 0.0557. The van der Waals surface area contributed by atoms with Crippen molar-refractivity contribution in [2.75, 3.05) is 11.4 Å². The van der Waals surface area contributed by atoms with Crippen LogP contribution < -0.4 is 10.3 Å². The van der Waals surface area contributed by atoms with Gasteiger partial charge in [0.2, 0.25) is 5.91 Å². The van der Waals surface area contributed by atoms with Crippen molar-refractivity contribution in [1.82, 2.24) is 5.43 Å². The highest BCUT2D eigenvalue weighted by atomic mass is 32.2. The third-order valence-electron chi connectivity index (χ3n) is 4.59. The Morgan fingerprint density at radius 2 is 2.17 bits per heavy atom. The monoisotopic (exact) mass is 331 g/mol. The van der Waals surface area contributed by atoms with Crippen molar-refractivity contribution in [3.8, 4) is 0 Å². The maximum Gasteiger partial charge on any atom is 0.299 e. The lowest BCUT2D eigenvalue weighted by Gasteiger charge is -2.39. The summed E-state index contributed by atoms with van der Waals surface area (Å²) in [5, 5.41) is 4.07. The second-order valence-corrected chi connectivity index (χ2v) is 8.01. The molecule has 1 aromatic rings. The topological polar surface area (TPSA) is 61.8 Å². The van der Waals surface area contributed by atoms with Crippen LogP contribution in [0.1, 0.15) is 45.2 Å². The fraction of sp³-hybridized carbons (Fsp3) is 0.471. The number of fused-ring (bicyclic) bond motifs is 1. The minimum absolute atomic E-state index is 0.0100. The fourth-order valence-electron chi connectivity index (χ4n) is 3.20. The molecule has 1 N–H and O–H groups in total. The van der Waals surface area contributed by atoms with Crippen molar-refractivity contribution in [2.45, 2.75) is 44.8 Å². The average molecular weight is 331 g/mol. The van der Waals surface area contributed by atoms with E-state index in [0.29, 0.717) is 0 Å². The van der Waals surface area contributed by atoms with Crippen molar-refractivity contribution < 1.29 is 9.59 Å². The van der Waals surface area contributed by atoms with Gasteiger partial charge in [-0.3, -0.25) is 9.59 Å². The second kappa shape index (κ2) is 5.67. The molecule has 6 heteroatoms. The summed E-state index contributed by atoms with van der Waals surface area (Å²) in [6, 6.07) is 6.17. The number of nitrogens with zero attached hydrogens (tertiary/aromatic N) is 2. The molecule has 3 rings (SSSR count). The van der Waals surface area contributed by atoms with Gasteiger partial charge in [0.1, 0.15) is 0 Å². The molecule has 0 aliphatic carbocycles. The van der Waals surface area contributed by atoms with Crippen molar-refractivity contribution >= 4 is 34.3 Å². The molecule has 0 bridgehead atoms. The first-order valence-corrected chi connectivity index (χ1v) is 8.65. The zero-order valence-corrected chi connectivity index (χ0v) is 14.7. The normalized spacial score (nSPS) is 23.0. The van der Waals surface area contributed by atoms with Gasteiger partial charge in [-0.2, -0.15) is 5.10 Å². The number of benzene rings is 1. The van der Waals surface area contributed by atoms with E-state index in [9.17, 15) is 9.59 Å². The maximum atomic E-state index is 12.0. The summed E-state index contributed by atoms with van der Waals surface area (Å²) >= 11 is 1.23. The van der Waals surface area contributed by atoms with Gasteiger partial charge >= 0.3 is 0 Å². The summed E-state index contributed by atoms with van der Waals surface area (Å²) in [5.41, 5.74) is 6.50. The molecule has 0 spiro atoms. The smallest absolute Gasteiger partial charge is 0.299 e. The Balaban J connectivity index is 2.08. The molecule has 0 fully saturated rings. The Bertz CT molecular complexity index is 712. The number of hydrazone groups is 1. The van der Waals surface area contributed by atoms with Gasteiger partial charge in [0.15, 0.2) is 0 Å². The van der Waals surface area contributed by atoms with Crippen molar-refractivity contribution in [3.05, 3.63) is 29.3 Å². The van der Waals surface area contributed by atoms with Crippen LogP contribution in [-0.4, -0.2) is 28.7 Å². The molecule has 0 saturated heterocycles. The average Bonchev–Trinajstić information content (AvgIpc) is 2.46. The predicted octanol–water partition coefficient (Wildman–Crippen LogP) is 3.27. The van der Waals surface area contributed by atoms with E-state index in [4.69, 9.17) is 0 Å². The molecule has 1 aromatic carbocycles. The predicted molar refractivity (Wildman–Crippen MR) is 94.2 cm³/mol. The number of thioether (sulfide) groups is 1. The number of rotatable bonds is 1. The third kappa shape index (κ3) is 2.87. The van der Waals surface area contributed by atoms with E-state index in [2.05, 4.69) is 30.4 Å². The summed E-state index contributed by atoms with van der Waals surface area (Å²) in [6.45, 7) is 8.71. The second-order valence-electron chi connectivity index (χ2n) is 6.69. The lowest BCUT2D eigenvalue weighted by Crippen LogP contribution is -2.40. The van der Waals surface area contributed by atoms with E-state index in [-0.39, 0.29) is 21.8 Å². The van der Waals surface area contributed by atoms with Gasteiger partial charge in [-0.15, -0.1) is 0 Å². The Morgan fingerprint density at radius 1 is 1.43 bits per heavy atom. The molecule has 23 heavy (non-hydrogen) atoms. The Kier molecular flexibility index (Phi) is 3.96. The molecule has 2 heterocycles. The number of hydrogen-bond donors (Lipinski definition) is 1. The Morgan fingerprint density at radius 3 is 2.83 bits per heavy atom. The molecule has 122 valence electrons. The molecule has 2 aliphatic heterocycles. The van der Waals surface area contributed by atoms with Crippen LogP contribution in [0.2, 0.25) is 0 Å². The molecule has 5 nitrogen and oxygen atoms in total. The van der Waals surface area contributed by atoms with Crippen LogP contribution >= 0.6 is 11.8 Å². The highest BCUT2D eigenvalue weighted by Crippen LogP contribution is 2.40. The van der Waals surface area contributed by atoms with Gasteiger partial charge in [-0.1, -0.05) is 37.7 Å².